The van der Waals surface area contributed by atoms with E-state index >= 15 is 0 Å². The van der Waals surface area contributed by atoms with Gasteiger partial charge in [-0.25, -0.2) is 4.39 Å². The van der Waals surface area contributed by atoms with Crippen molar-refractivity contribution in [3.05, 3.63) is 35.1 Å². The van der Waals surface area contributed by atoms with E-state index in [9.17, 15) is 30.7 Å². The Bertz CT molecular complexity index is 460. The van der Waals surface area contributed by atoms with Crippen molar-refractivity contribution < 1.29 is 35.8 Å². The first-order chi connectivity index (χ1) is 8.44. The van der Waals surface area contributed by atoms with Crippen LogP contribution >= 0.6 is 12.4 Å². The van der Waals surface area contributed by atoms with Crippen molar-refractivity contribution in [2.24, 2.45) is 5.73 Å². The Kier molecular flexibility index (Phi) is 5.82. The maximum absolute atomic E-state index is 13.1. The molecule has 1 aromatic rings. The van der Waals surface area contributed by atoms with Gasteiger partial charge in [0.25, 0.3) is 0 Å². The third-order valence-electron chi connectivity index (χ3n) is 2.36. The van der Waals surface area contributed by atoms with Gasteiger partial charge in [-0.2, -0.15) is 26.3 Å². The van der Waals surface area contributed by atoms with Crippen LogP contribution in [0.4, 0.5) is 30.7 Å². The normalized spacial score (nSPS) is 15.4. The first-order valence-electron chi connectivity index (χ1n) is 4.81. The monoisotopic (exact) mass is 327 g/mol. The summed E-state index contributed by atoms with van der Waals surface area (Å²) in [7, 11) is 0. The molecule has 3 N–H and O–H groups in total. The van der Waals surface area contributed by atoms with Crippen LogP contribution in [0.5, 0.6) is 0 Å². The Balaban J connectivity index is 0.00000361. The number of benzene rings is 1. The van der Waals surface area contributed by atoms with E-state index in [1.807, 2.05) is 0 Å². The van der Waals surface area contributed by atoms with Crippen molar-refractivity contribution in [1.29, 1.82) is 0 Å². The zero-order chi connectivity index (χ0) is 15.0. The molecule has 1 rings (SSSR count). The molecule has 0 radical (unpaired) electrons. The molecule has 0 heterocycles. The SMILES string of the molecule is Cl.N[C@H](c1ccc(C(F)(F)F)c(F)c1)[C@@H](O)C(F)(F)F. The smallest absolute Gasteiger partial charge is 0.382 e. The Morgan fingerprint density at radius 2 is 1.55 bits per heavy atom. The van der Waals surface area contributed by atoms with Gasteiger partial charge in [-0.05, 0) is 17.7 Å². The van der Waals surface area contributed by atoms with Gasteiger partial charge < -0.3 is 10.8 Å². The van der Waals surface area contributed by atoms with Gasteiger partial charge in [-0.1, -0.05) is 6.07 Å². The van der Waals surface area contributed by atoms with Gasteiger partial charge in [0.2, 0.25) is 0 Å². The molecule has 0 unspecified atom stereocenters. The fourth-order valence-electron chi connectivity index (χ4n) is 1.35. The minimum absolute atomic E-state index is 0. The van der Waals surface area contributed by atoms with Crippen molar-refractivity contribution in [2.45, 2.75) is 24.5 Å². The van der Waals surface area contributed by atoms with Crippen LogP contribution in [0.1, 0.15) is 17.2 Å². The lowest BCUT2D eigenvalue weighted by Crippen LogP contribution is -2.38. The van der Waals surface area contributed by atoms with Gasteiger partial charge in [0.05, 0.1) is 11.6 Å². The Morgan fingerprint density at radius 1 is 1.05 bits per heavy atom. The van der Waals surface area contributed by atoms with Crippen LogP contribution < -0.4 is 5.73 Å². The van der Waals surface area contributed by atoms with Crippen LogP contribution in [0.15, 0.2) is 18.2 Å². The number of alkyl halides is 6. The molecule has 0 aliphatic carbocycles. The fourth-order valence-corrected chi connectivity index (χ4v) is 1.35. The standard InChI is InChI=1S/C10H8F7NO.ClH/c11-6-3-4(1-2-5(6)9(12,13)14)7(18)8(19)10(15,16)17;/h1-3,7-8,19H,18H2;1H/t7-,8-;/m1./s1. The van der Waals surface area contributed by atoms with E-state index in [0.29, 0.717) is 6.07 Å². The first-order valence-corrected chi connectivity index (χ1v) is 4.81. The number of aliphatic hydroxyl groups excluding tert-OH is 1. The summed E-state index contributed by atoms with van der Waals surface area (Å²) in [6.45, 7) is 0. The van der Waals surface area contributed by atoms with Crippen LogP contribution in [-0.4, -0.2) is 17.4 Å². The predicted octanol–water partition coefficient (Wildman–Crippen LogP) is 3.19. The van der Waals surface area contributed by atoms with Crippen molar-refractivity contribution in [3.8, 4) is 0 Å². The Morgan fingerprint density at radius 3 is 1.90 bits per heavy atom. The highest BCUT2D eigenvalue weighted by molar-refractivity contribution is 5.85. The topological polar surface area (TPSA) is 46.2 Å². The zero-order valence-electron chi connectivity index (χ0n) is 9.47. The summed E-state index contributed by atoms with van der Waals surface area (Å²) in [5, 5.41) is 8.83. The molecule has 2 atom stereocenters. The Hall–Kier alpha value is -1.06. The van der Waals surface area contributed by atoms with Crippen LogP contribution in [0.2, 0.25) is 0 Å². The van der Waals surface area contributed by atoms with E-state index < -0.39 is 41.4 Å². The third kappa shape index (κ3) is 4.22. The highest BCUT2D eigenvalue weighted by atomic mass is 35.5. The second-order valence-electron chi connectivity index (χ2n) is 3.75. The first kappa shape index (κ1) is 18.9. The molecule has 0 aromatic heterocycles. The van der Waals surface area contributed by atoms with Crippen LogP contribution in [-0.2, 0) is 6.18 Å². The molecular formula is C10H9ClF7NO. The highest BCUT2D eigenvalue weighted by Crippen LogP contribution is 2.34. The molecule has 0 aliphatic heterocycles. The second-order valence-corrected chi connectivity index (χ2v) is 3.75. The minimum Gasteiger partial charge on any atom is -0.382 e. The number of halogens is 8. The van der Waals surface area contributed by atoms with E-state index in [1.165, 1.54) is 0 Å². The maximum Gasteiger partial charge on any atom is 0.419 e. The largest absolute Gasteiger partial charge is 0.419 e. The lowest BCUT2D eigenvalue weighted by molar-refractivity contribution is -0.210. The van der Waals surface area contributed by atoms with E-state index in [4.69, 9.17) is 10.8 Å². The van der Waals surface area contributed by atoms with Crippen LogP contribution in [0.25, 0.3) is 0 Å². The molecule has 0 aliphatic rings. The second kappa shape index (κ2) is 6.15. The molecule has 0 amide bonds. The molecule has 0 saturated carbocycles. The number of rotatable bonds is 2. The highest BCUT2D eigenvalue weighted by Gasteiger charge is 2.43. The number of hydrogen-bond acceptors (Lipinski definition) is 2. The van der Waals surface area contributed by atoms with Gasteiger partial charge in [-0.15, -0.1) is 12.4 Å². The van der Waals surface area contributed by atoms with Gasteiger partial charge in [0.1, 0.15) is 5.82 Å². The van der Waals surface area contributed by atoms with Gasteiger partial charge in [0, 0.05) is 0 Å². The summed E-state index contributed by atoms with van der Waals surface area (Å²) in [6, 6.07) is -0.988. The molecule has 116 valence electrons. The molecule has 0 spiro atoms. The van der Waals surface area contributed by atoms with Gasteiger partial charge in [0.15, 0.2) is 6.10 Å². The average Bonchev–Trinajstić information content (AvgIpc) is 2.23. The molecule has 20 heavy (non-hydrogen) atoms. The molecule has 0 fully saturated rings. The van der Waals surface area contributed by atoms with E-state index in [-0.39, 0.29) is 24.5 Å². The van der Waals surface area contributed by atoms with Crippen molar-refractivity contribution in [3.63, 3.8) is 0 Å². The lowest BCUT2D eigenvalue weighted by atomic mass is 10.00. The molecule has 2 nitrogen and oxygen atoms in total. The number of aliphatic hydroxyl groups is 1. The van der Waals surface area contributed by atoms with Crippen molar-refractivity contribution in [1.82, 2.24) is 0 Å². The van der Waals surface area contributed by atoms with Gasteiger partial charge >= 0.3 is 12.4 Å². The zero-order valence-corrected chi connectivity index (χ0v) is 10.3. The van der Waals surface area contributed by atoms with E-state index in [1.54, 1.807) is 0 Å². The third-order valence-corrected chi connectivity index (χ3v) is 2.36. The van der Waals surface area contributed by atoms with E-state index in [2.05, 4.69) is 0 Å². The average molecular weight is 328 g/mol. The molecule has 1 aromatic carbocycles. The molecule has 10 heteroatoms. The Labute approximate surface area is 114 Å². The summed E-state index contributed by atoms with van der Waals surface area (Å²) in [4.78, 5) is 0. The summed E-state index contributed by atoms with van der Waals surface area (Å²) in [5.74, 6) is -1.75. The van der Waals surface area contributed by atoms with Crippen molar-refractivity contribution >= 4 is 12.4 Å². The van der Waals surface area contributed by atoms with Crippen LogP contribution in [0.3, 0.4) is 0 Å². The summed E-state index contributed by atoms with van der Waals surface area (Å²) in [6.07, 6.45) is -13.0. The maximum atomic E-state index is 13.1. The summed E-state index contributed by atoms with van der Waals surface area (Å²) >= 11 is 0. The summed E-state index contributed by atoms with van der Waals surface area (Å²) < 4.78 is 86.3. The van der Waals surface area contributed by atoms with E-state index in [0.717, 1.165) is 0 Å². The minimum atomic E-state index is -5.06. The molecule has 0 bridgehead atoms. The lowest BCUT2D eigenvalue weighted by Gasteiger charge is -2.22. The summed E-state index contributed by atoms with van der Waals surface area (Å²) in [5.41, 5.74) is 2.83. The predicted molar refractivity (Wildman–Crippen MR) is 57.6 cm³/mol. The molecule has 0 saturated heterocycles. The fraction of sp³-hybridized carbons (Fsp3) is 0.400. The van der Waals surface area contributed by atoms with Crippen molar-refractivity contribution in [2.75, 3.05) is 0 Å². The van der Waals surface area contributed by atoms with Crippen LogP contribution in [0, 0.1) is 5.82 Å². The van der Waals surface area contributed by atoms with Gasteiger partial charge in [-0.3, -0.25) is 0 Å². The number of hydrogen-bond donors (Lipinski definition) is 2. The molecular weight excluding hydrogens is 319 g/mol. The number of nitrogens with two attached hydrogens (primary N) is 1. The quantitative estimate of drug-likeness (QED) is 0.820.